The molecule has 23 heavy (non-hydrogen) atoms. The SMILES string of the molecule is CC1(C)CC(=O)c2cc(OC(=O)c3ccccc3)c(=O)oc2C1. The van der Waals surface area contributed by atoms with Gasteiger partial charge in [0.15, 0.2) is 5.78 Å². The van der Waals surface area contributed by atoms with Crippen LogP contribution in [-0.2, 0) is 6.42 Å². The van der Waals surface area contributed by atoms with Crippen molar-refractivity contribution in [2.75, 3.05) is 0 Å². The van der Waals surface area contributed by atoms with Crippen LogP contribution < -0.4 is 10.4 Å². The Morgan fingerprint density at radius 1 is 1.13 bits per heavy atom. The Kier molecular flexibility index (Phi) is 3.64. The summed E-state index contributed by atoms with van der Waals surface area (Å²) in [5.41, 5.74) is -0.363. The molecule has 1 aliphatic carbocycles. The third-order valence-corrected chi connectivity index (χ3v) is 3.78. The molecule has 0 bridgehead atoms. The summed E-state index contributed by atoms with van der Waals surface area (Å²) in [7, 11) is 0. The number of fused-ring (bicyclic) bond motifs is 1. The van der Waals surface area contributed by atoms with Gasteiger partial charge in [0.1, 0.15) is 5.76 Å². The Labute approximate surface area is 132 Å². The van der Waals surface area contributed by atoms with E-state index in [-0.39, 0.29) is 16.9 Å². The second-order valence-corrected chi connectivity index (χ2v) is 6.43. The zero-order valence-corrected chi connectivity index (χ0v) is 12.9. The fraction of sp³-hybridized carbons (Fsp3) is 0.278. The molecule has 1 aromatic carbocycles. The third-order valence-electron chi connectivity index (χ3n) is 3.78. The summed E-state index contributed by atoms with van der Waals surface area (Å²) in [4.78, 5) is 36.3. The summed E-state index contributed by atoms with van der Waals surface area (Å²) < 4.78 is 10.3. The van der Waals surface area contributed by atoms with Crippen LogP contribution in [0.1, 0.15) is 46.7 Å². The number of esters is 1. The van der Waals surface area contributed by atoms with Gasteiger partial charge >= 0.3 is 11.6 Å². The molecule has 5 nitrogen and oxygen atoms in total. The van der Waals surface area contributed by atoms with Gasteiger partial charge in [-0.3, -0.25) is 4.79 Å². The molecule has 0 amide bonds. The van der Waals surface area contributed by atoms with Gasteiger partial charge in [0.05, 0.1) is 11.1 Å². The van der Waals surface area contributed by atoms with Crippen molar-refractivity contribution in [1.82, 2.24) is 0 Å². The minimum Gasteiger partial charge on any atom is -0.424 e. The number of hydrogen-bond donors (Lipinski definition) is 0. The van der Waals surface area contributed by atoms with E-state index in [0.717, 1.165) is 0 Å². The van der Waals surface area contributed by atoms with Crippen molar-refractivity contribution < 1.29 is 18.7 Å². The molecule has 0 saturated heterocycles. The molecule has 0 spiro atoms. The first kappa shape index (κ1) is 15.2. The van der Waals surface area contributed by atoms with Crippen molar-refractivity contribution in [2.45, 2.75) is 26.7 Å². The smallest absolute Gasteiger partial charge is 0.379 e. The first-order chi connectivity index (χ1) is 10.9. The fourth-order valence-electron chi connectivity index (χ4n) is 2.69. The zero-order valence-electron chi connectivity index (χ0n) is 12.9. The van der Waals surface area contributed by atoms with Gasteiger partial charge in [-0.2, -0.15) is 0 Å². The number of ketones is 1. The zero-order chi connectivity index (χ0) is 16.6. The van der Waals surface area contributed by atoms with E-state index in [1.807, 2.05) is 13.8 Å². The average Bonchev–Trinajstić information content (AvgIpc) is 2.48. The molecule has 2 aromatic rings. The largest absolute Gasteiger partial charge is 0.424 e. The van der Waals surface area contributed by atoms with Crippen LogP contribution in [0.4, 0.5) is 0 Å². The normalized spacial score (nSPS) is 15.8. The summed E-state index contributed by atoms with van der Waals surface area (Å²) in [6.07, 6.45) is 0.857. The highest BCUT2D eigenvalue weighted by molar-refractivity contribution is 5.99. The maximum atomic E-state index is 12.2. The Bertz CT molecular complexity index is 830. The molecule has 0 saturated carbocycles. The molecule has 1 heterocycles. The van der Waals surface area contributed by atoms with Gasteiger partial charge in [0.25, 0.3) is 0 Å². The quantitative estimate of drug-likeness (QED) is 0.797. The number of hydrogen-bond acceptors (Lipinski definition) is 5. The first-order valence-electron chi connectivity index (χ1n) is 7.33. The van der Waals surface area contributed by atoms with E-state index < -0.39 is 11.6 Å². The molecule has 0 unspecified atom stereocenters. The number of Topliss-reactive ketones (excluding diaryl/α,β-unsaturated/α-hetero) is 1. The lowest BCUT2D eigenvalue weighted by Crippen LogP contribution is -2.28. The van der Waals surface area contributed by atoms with Gasteiger partial charge in [-0.05, 0) is 17.5 Å². The highest BCUT2D eigenvalue weighted by atomic mass is 16.5. The standard InChI is InChI=1S/C18H16O5/c1-18(2)9-13(19)12-8-14(17(21)23-15(12)10-18)22-16(20)11-6-4-3-5-7-11/h3-8H,9-10H2,1-2H3. The summed E-state index contributed by atoms with van der Waals surface area (Å²) in [5, 5.41) is 0. The van der Waals surface area contributed by atoms with Crippen LogP contribution in [0.3, 0.4) is 0 Å². The number of rotatable bonds is 2. The van der Waals surface area contributed by atoms with E-state index in [2.05, 4.69) is 0 Å². The van der Waals surface area contributed by atoms with E-state index in [4.69, 9.17) is 9.15 Å². The molecule has 0 aliphatic heterocycles. The van der Waals surface area contributed by atoms with Gasteiger partial charge in [-0.25, -0.2) is 9.59 Å². The predicted octanol–water partition coefficient (Wildman–Crippen LogP) is 3.01. The Morgan fingerprint density at radius 3 is 2.52 bits per heavy atom. The van der Waals surface area contributed by atoms with Crippen molar-refractivity contribution in [3.8, 4) is 5.75 Å². The second kappa shape index (κ2) is 5.50. The Hall–Kier alpha value is -2.69. The first-order valence-corrected chi connectivity index (χ1v) is 7.33. The summed E-state index contributed by atoms with van der Waals surface area (Å²) in [6, 6.07) is 9.63. The van der Waals surface area contributed by atoms with Crippen molar-refractivity contribution in [3.63, 3.8) is 0 Å². The number of ether oxygens (including phenoxy) is 1. The molecule has 118 valence electrons. The number of carbonyl (C=O) groups is 2. The number of carbonyl (C=O) groups excluding carboxylic acids is 2. The van der Waals surface area contributed by atoms with E-state index in [9.17, 15) is 14.4 Å². The minimum absolute atomic E-state index is 0.114. The van der Waals surface area contributed by atoms with Crippen molar-refractivity contribution in [3.05, 3.63) is 63.7 Å². The van der Waals surface area contributed by atoms with Crippen LogP contribution in [0.25, 0.3) is 0 Å². The number of benzene rings is 1. The highest BCUT2D eigenvalue weighted by Crippen LogP contribution is 2.35. The van der Waals surface area contributed by atoms with E-state index in [0.29, 0.717) is 29.7 Å². The van der Waals surface area contributed by atoms with Crippen LogP contribution in [-0.4, -0.2) is 11.8 Å². The van der Waals surface area contributed by atoms with Crippen LogP contribution in [0.15, 0.2) is 45.6 Å². The van der Waals surface area contributed by atoms with Crippen LogP contribution >= 0.6 is 0 Å². The Morgan fingerprint density at radius 2 is 1.83 bits per heavy atom. The van der Waals surface area contributed by atoms with Gasteiger partial charge in [-0.15, -0.1) is 0 Å². The molecule has 0 radical (unpaired) electrons. The Balaban J connectivity index is 1.94. The summed E-state index contributed by atoms with van der Waals surface area (Å²) >= 11 is 0. The summed E-state index contributed by atoms with van der Waals surface area (Å²) in [6.45, 7) is 3.88. The minimum atomic E-state index is -0.751. The highest BCUT2D eigenvalue weighted by Gasteiger charge is 2.34. The fourth-order valence-corrected chi connectivity index (χ4v) is 2.69. The van der Waals surface area contributed by atoms with Crippen LogP contribution in [0.2, 0.25) is 0 Å². The molecule has 1 aliphatic rings. The maximum absolute atomic E-state index is 12.2. The van der Waals surface area contributed by atoms with E-state index in [1.54, 1.807) is 30.3 Å². The van der Waals surface area contributed by atoms with Gasteiger partial charge in [0, 0.05) is 18.9 Å². The second-order valence-electron chi connectivity index (χ2n) is 6.43. The molecule has 0 fully saturated rings. The third kappa shape index (κ3) is 3.08. The lowest BCUT2D eigenvalue weighted by molar-refractivity contribution is 0.0722. The van der Waals surface area contributed by atoms with E-state index in [1.165, 1.54) is 6.07 Å². The molecule has 0 atom stereocenters. The predicted molar refractivity (Wildman–Crippen MR) is 82.8 cm³/mol. The molecule has 1 aromatic heterocycles. The van der Waals surface area contributed by atoms with Crippen LogP contribution in [0, 0.1) is 5.41 Å². The monoisotopic (exact) mass is 312 g/mol. The van der Waals surface area contributed by atoms with Crippen molar-refractivity contribution in [2.24, 2.45) is 5.41 Å². The van der Waals surface area contributed by atoms with Gasteiger partial charge in [0.2, 0.25) is 5.75 Å². The van der Waals surface area contributed by atoms with Gasteiger partial charge < -0.3 is 9.15 Å². The van der Waals surface area contributed by atoms with Gasteiger partial charge in [-0.1, -0.05) is 32.0 Å². The molecular formula is C18H16O5. The summed E-state index contributed by atoms with van der Waals surface area (Å²) in [5.74, 6) is -0.681. The van der Waals surface area contributed by atoms with Crippen molar-refractivity contribution >= 4 is 11.8 Å². The molecule has 0 N–H and O–H groups in total. The molecule has 5 heteroatoms. The van der Waals surface area contributed by atoms with Crippen LogP contribution in [0.5, 0.6) is 5.75 Å². The maximum Gasteiger partial charge on any atom is 0.379 e. The lowest BCUT2D eigenvalue weighted by Gasteiger charge is -2.28. The lowest BCUT2D eigenvalue weighted by atomic mass is 9.76. The average molecular weight is 312 g/mol. The molecule has 3 rings (SSSR count). The van der Waals surface area contributed by atoms with Crippen molar-refractivity contribution in [1.29, 1.82) is 0 Å². The molecular weight excluding hydrogens is 296 g/mol. The topological polar surface area (TPSA) is 73.6 Å². The van der Waals surface area contributed by atoms with E-state index >= 15 is 0 Å².